The number of thiazole rings is 1. The third-order valence-electron chi connectivity index (χ3n) is 8.88. The molecule has 45 heavy (non-hydrogen) atoms. The average Bonchev–Trinajstić information content (AvgIpc) is 3.49. The van der Waals surface area contributed by atoms with E-state index in [1.54, 1.807) is 11.9 Å². The molecule has 2 amide bonds. The second-order valence-electron chi connectivity index (χ2n) is 11.9. The van der Waals surface area contributed by atoms with E-state index in [0.717, 1.165) is 43.4 Å². The van der Waals surface area contributed by atoms with Gasteiger partial charge in [-0.2, -0.15) is 13.2 Å². The van der Waals surface area contributed by atoms with Gasteiger partial charge in [-0.1, -0.05) is 19.3 Å². The van der Waals surface area contributed by atoms with E-state index in [0.29, 0.717) is 30.2 Å². The molecule has 14 heteroatoms. The minimum atomic E-state index is -4.96. The maximum atomic E-state index is 16.4. The van der Waals surface area contributed by atoms with Crippen LogP contribution < -0.4 is 15.8 Å². The predicted octanol–water partition coefficient (Wildman–Crippen LogP) is 5.84. The van der Waals surface area contributed by atoms with E-state index in [4.69, 9.17) is 0 Å². The van der Waals surface area contributed by atoms with Crippen LogP contribution in [-0.4, -0.2) is 76.9 Å². The molecule has 0 bridgehead atoms. The number of alkyl halides is 3. The molecule has 2 aromatic heterocycles. The first kappa shape index (κ1) is 32.6. The Morgan fingerprint density at radius 1 is 1.09 bits per heavy atom. The number of aromatic nitrogens is 2. The normalized spacial score (nSPS) is 19.9. The molecule has 0 radical (unpaired) electrons. The minimum Gasteiger partial charge on any atom is -0.366 e. The standard InChI is InChI=1S/C31H36F4N6O3S/c1-17-15-41(16-18(2)39(17)3)24-11-19(38-28(43)22-13-36-26(42)12-23(22)31(33,34)35)10-21(27(24)32)29-37-14-25(45-29)30(44)40(4)20-8-6-5-7-9-20/h10-14,17-18,20H,5-9,15-16H2,1-4H3,(H,36,42)(H,38,43)/t17-,18+. The monoisotopic (exact) mass is 648 g/mol. The summed E-state index contributed by atoms with van der Waals surface area (Å²) in [6.45, 7) is 4.92. The number of aromatic amines is 1. The molecular formula is C31H36F4N6O3S. The summed E-state index contributed by atoms with van der Waals surface area (Å²) in [4.78, 5) is 50.6. The number of amides is 2. The van der Waals surface area contributed by atoms with Gasteiger partial charge in [-0.05, 0) is 45.9 Å². The van der Waals surface area contributed by atoms with E-state index in [2.05, 4.69) is 20.2 Å². The fourth-order valence-corrected chi connectivity index (χ4v) is 6.97. The lowest BCUT2D eigenvalue weighted by Crippen LogP contribution is -2.55. The number of piperazine rings is 1. The number of carbonyl (C=O) groups is 2. The molecule has 1 aromatic carbocycles. The number of nitrogens with one attached hydrogen (secondary N) is 2. The number of halogens is 4. The first-order valence-corrected chi connectivity index (χ1v) is 15.7. The third-order valence-corrected chi connectivity index (χ3v) is 9.89. The number of benzene rings is 1. The fourth-order valence-electron chi connectivity index (χ4n) is 6.07. The molecule has 3 heterocycles. The lowest BCUT2D eigenvalue weighted by molar-refractivity contribution is -0.138. The highest BCUT2D eigenvalue weighted by atomic mass is 32.1. The summed E-state index contributed by atoms with van der Waals surface area (Å²) < 4.78 is 57.4. The van der Waals surface area contributed by atoms with Crippen LogP contribution in [0.3, 0.4) is 0 Å². The molecular weight excluding hydrogens is 612 g/mol. The highest BCUT2D eigenvalue weighted by Gasteiger charge is 2.36. The van der Waals surface area contributed by atoms with E-state index in [1.165, 1.54) is 18.3 Å². The molecule has 1 saturated carbocycles. The molecule has 1 saturated heterocycles. The van der Waals surface area contributed by atoms with Crippen molar-refractivity contribution in [1.82, 2.24) is 19.8 Å². The quantitative estimate of drug-likeness (QED) is 0.326. The molecule has 9 nitrogen and oxygen atoms in total. The van der Waals surface area contributed by atoms with Crippen molar-refractivity contribution < 1.29 is 27.2 Å². The number of hydrogen-bond acceptors (Lipinski definition) is 7. The Labute approximate surface area is 262 Å². The SMILES string of the molecule is C[C@@H]1CN(c2cc(NC(=O)c3c[nH]c(=O)cc3C(F)(F)F)cc(-c3ncc(C(=O)N(C)C4CCCCC4)s3)c2F)C[C@H](C)N1C. The first-order valence-electron chi connectivity index (χ1n) is 14.9. The summed E-state index contributed by atoms with van der Waals surface area (Å²) in [7, 11) is 3.74. The Bertz CT molecular complexity index is 1620. The van der Waals surface area contributed by atoms with E-state index >= 15 is 4.39 Å². The second-order valence-corrected chi connectivity index (χ2v) is 13.0. The summed E-state index contributed by atoms with van der Waals surface area (Å²) in [6.07, 6.45) is 2.23. The van der Waals surface area contributed by atoms with Crippen molar-refractivity contribution in [3.8, 4) is 10.6 Å². The van der Waals surface area contributed by atoms with Gasteiger partial charge in [-0.3, -0.25) is 19.3 Å². The molecule has 0 spiro atoms. The van der Waals surface area contributed by atoms with Crippen molar-refractivity contribution in [2.75, 3.05) is 37.4 Å². The Balaban J connectivity index is 1.53. The van der Waals surface area contributed by atoms with Crippen molar-refractivity contribution in [2.24, 2.45) is 0 Å². The van der Waals surface area contributed by atoms with E-state index < -0.39 is 34.6 Å². The summed E-state index contributed by atoms with van der Waals surface area (Å²) in [5.74, 6) is -1.97. The van der Waals surface area contributed by atoms with E-state index in [9.17, 15) is 27.6 Å². The van der Waals surface area contributed by atoms with Gasteiger partial charge in [0.25, 0.3) is 11.8 Å². The van der Waals surface area contributed by atoms with Crippen molar-refractivity contribution >= 4 is 34.5 Å². The summed E-state index contributed by atoms with van der Waals surface area (Å²) in [5.41, 5.74) is -3.00. The van der Waals surface area contributed by atoms with Crippen LogP contribution in [0.25, 0.3) is 10.6 Å². The van der Waals surface area contributed by atoms with Crippen molar-refractivity contribution in [3.05, 3.63) is 62.8 Å². The first-order chi connectivity index (χ1) is 21.2. The largest absolute Gasteiger partial charge is 0.417 e. The van der Waals surface area contributed by atoms with Gasteiger partial charge < -0.3 is 20.1 Å². The number of anilines is 2. The van der Waals surface area contributed by atoms with Crippen LogP contribution in [0.5, 0.6) is 0 Å². The molecule has 2 aliphatic rings. The van der Waals surface area contributed by atoms with Gasteiger partial charge in [0.05, 0.1) is 28.6 Å². The molecule has 1 aliphatic heterocycles. The van der Waals surface area contributed by atoms with Crippen molar-refractivity contribution in [2.45, 2.75) is 70.3 Å². The van der Waals surface area contributed by atoms with E-state index in [1.807, 2.05) is 25.8 Å². The Hall–Kier alpha value is -3.78. The Morgan fingerprint density at radius 3 is 2.40 bits per heavy atom. The number of pyridine rings is 1. The van der Waals surface area contributed by atoms with Gasteiger partial charge in [0.2, 0.25) is 5.56 Å². The van der Waals surface area contributed by atoms with Gasteiger partial charge in [0, 0.05) is 56.2 Å². The molecule has 5 rings (SSSR count). The maximum absolute atomic E-state index is 16.4. The highest BCUT2D eigenvalue weighted by molar-refractivity contribution is 7.16. The summed E-state index contributed by atoms with van der Waals surface area (Å²) in [5, 5.41) is 2.66. The van der Waals surface area contributed by atoms with Crippen molar-refractivity contribution in [1.29, 1.82) is 0 Å². The molecule has 0 unspecified atom stereocenters. The molecule has 242 valence electrons. The molecule has 2 fully saturated rings. The number of hydrogen-bond donors (Lipinski definition) is 2. The molecule has 3 aromatic rings. The highest BCUT2D eigenvalue weighted by Crippen LogP contribution is 2.38. The lowest BCUT2D eigenvalue weighted by Gasteiger charge is -2.43. The number of rotatable bonds is 6. The smallest absolute Gasteiger partial charge is 0.366 e. The topological polar surface area (TPSA) is 102 Å². The lowest BCUT2D eigenvalue weighted by atomic mass is 9.94. The van der Waals surface area contributed by atoms with Crippen LogP contribution in [0, 0.1) is 5.82 Å². The summed E-state index contributed by atoms with van der Waals surface area (Å²) >= 11 is 1.02. The third kappa shape index (κ3) is 6.91. The van der Waals surface area contributed by atoms with Gasteiger partial charge in [0.1, 0.15) is 9.88 Å². The van der Waals surface area contributed by atoms with Crippen LogP contribution >= 0.6 is 11.3 Å². The van der Waals surface area contributed by atoms with Gasteiger partial charge in [-0.15, -0.1) is 11.3 Å². The zero-order valence-electron chi connectivity index (χ0n) is 25.5. The maximum Gasteiger partial charge on any atom is 0.417 e. The van der Waals surface area contributed by atoms with Crippen molar-refractivity contribution in [3.63, 3.8) is 0 Å². The van der Waals surface area contributed by atoms with Gasteiger partial charge >= 0.3 is 6.18 Å². The summed E-state index contributed by atoms with van der Waals surface area (Å²) in [6, 6.07) is 3.25. The van der Waals surface area contributed by atoms with Gasteiger partial charge in [0.15, 0.2) is 5.82 Å². The molecule has 1 aliphatic carbocycles. The average molecular weight is 649 g/mol. The van der Waals surface area contributed by atoms with Crippen LogP contribution in [0.1, 0.15) is 71.5 Å². The predicted molar refractivity (Wildman–Crippen MR) is 165 cm³/mol. The van der Waals surface area contributed by atoms with Crippen LogP contribution in [-0.2, 0) is 6.18 Å². The molecule has 2 N–H and O–H groups in total. The van der Waals surface area contributed by atoms with Crippen LogP contribution in [0.15, 0.2) is 35.4 Å². The van der Waals surface area contributed by atoms with Crippen LogP contribution in [0.4, 0.5) is 28.9 Å². The minimum absolute atomic E-state index is 0.00363. The Morgan fingerprint density at radius 2 is 1.76 bits per heavy atom. The van der Waals surface area contributed by atoms with Gasteiger partial charge in [-0.25, -0.2) is 9.37 Å². The number of carbonyl (C=O) groups excluding carboxylic acids is 2. The second kappa shape index (κ2) is 12.9. The fraction of sp³-hybridized carbons (Fsp3) is 0.484. The zero-order chi connectivity index (χ0) is 32.6. The molecule has 2 atom stereocenters. The number of H-pyrrole nitrogens is 1. The van der Waals surface area contributed by atoms with Crippen LogP contribution in [0.2, 0.25) is 0 Å². The number of likely N-dealkylation sites (N-methyl/N-ethyl adjacent to an activating group) is 1. The van der Waals surface area contributed by atoms with E-state index in [-0.39, 0.29) is 46.0 Å². The number of nitrogens with zero attached hydrogens (tertiary/aromatic N) is 4. The Kier molecular flexibility index (Phi) is 9.36. The zero-order valence-corrected chi connectivity index (χ0v) is 26.3.